The number of nitrogens with one attached hydrogen (secondary N) is 1. The molecule has 0 amide bonds. The average molecular weight is 475 g/mol. The fraction of sp³-hybridized carbons (Fsp3) is 0.643. The van der Waals surface area contributed by atoms with Crippen LogP contribution in [-0.4, -0.2) is 43.2 Å². The van der Waals surface area contributed by atoms with Gasteiger partial charge in [0, 0.05) is 12.1 Å². The molecule has 0 radical (unpaired) electrons. The predicted octanol–water partition coefficient (Wildman–Crippen LogP) is 5.38. The molecule has 1 atom stereocenters. The molecule has 3 heterocycles. The van der Waals surface area contributed by atoms with Crippen molar-refractivity contribution >= 4 is 10.9 Å². The Morgan fingerprint density at radius 3 is 2.60 bits per heavy atom. The fourth-order valence-electron chi connectivity index (χ4n) is 7.21. The van der Waals surface area contributed by atoms with E-state index in [-0.39, 0.29) is 11.6 Å². The minimum atomic E-state index is -0.223. The Morgan fingerprint density at radius 1 is 1.03 bits per heavy atom. The molecule has 3 fully saturated rings. The van der Waals surface area contributed by atoms with Gasteiger partial charge in [-0.3, -0.25) is 9.69 Å². The van der Waals surface area contributed by atoms with Crippen LogP contribution < -0.4 is 5.56 Å². The van der Waals surface area contributed by atoms with Crippen molar-refractivity contribution in [3.63, 3.8) is 0 Å². The zero-order valence-corrected chi connectivity index (χ0v) is 21.2. The summed E-state index contributed by atoms with van der Waals surface area (Å²) >= 11 is 0. The quantitative estimate of drug-likeness (QED) is 0.549. The van der Waals surface area contributed by atoms with Crippen LogP contribution >= 0.6 is 0 Å². The van der Waals surface area contributed by atoms with Crippen LogP contribution in [0.2, 0.25) is 0 Å². The van der Waals surface area contributed by atoms with Crippen molar-refractivity contribution in [3.05, 3.63) is 51.1 Å². The molecule has 2 aliphatic carbocycles. The molecule has 0 unspecified atom stereocenters. The number of hydrogen-bond donors (Lipinski definition) is 1. The lowest BCUT2D eigenvalue weighted by atomic mass is 9.69. The summed E-state index contributed by atoms with van der Waals surface area (Å²) in [6.45, 7) is 6.19. The van der Waals surface area contributed by atoms with Gasteiger partial charge in [-0.1, -0.05) is 44.2 Å². The lowest BCUT2D eigenvalue weighted by Gasteiger charge is -2.47. The van der Waals surface area contributed by atoms with Gasteiger partial charge in [-0.15, -0.1) is 5.10 Å². The SMILES string of the molecule is Cc1ccc2cc([C@H](c3nnnn3C3CCCC3)N3CCCC4(CCCCC4)C3)c(=O)[nH]c2c1C. The summed E-state index contributed by atoms with van der Waals surface area (Å²) in [6, 6.07) is 6.50. The number of benzene rings is 1. The van der Waals surface area contributed by atoms with Crippen LogP contribution in [0, 0.1) is 19.3 Å². The monoisotopic (exact) mass is 474 g/mol. The molecule has 7 heteroatoms. The normalized spacial score (nSPS) is 22.2. The standard InChI is InChI=1S/C28H38N6O/c1-19-11-12-21-17-23(27(35)29-24(21)20(19)2)25(26-30-31-32-34(26)22-9-4-5-10-22)33-16-8-15-28(18-33)13-6-3-7-14-28/h11-12,17,22,25H,3-10,13-16,18H2,1-2H3,(H,29,35)/t25-/m1/s1. The molecule has 2 saturated carbocycles. The van der Waals surface area contributed by atoms with Gasteiger partial charge in [-0.25, -0.2) is 4.68 Å². The Bertz CT molecular complexity index is 1260. The second-order valence-corrected chi connectivity index (χ2v) is 11.5. The summed E-state index contributed by atoms with van der Waals surface area (Å²) in [6.07, 6.45) is 13.7. The van der Waals surface area contributed by atoms with Gasteiger partial charge in [0.2, 0.25) is 0 Å². The summed E-state index contributed by atoms with van der Waals surface area (Å²) in [5.41, 5.74) is 4.41. The van der Waals surface area contributed by atoms with Crippen LogP contribution in [0.25, 0.3) is 10.9 Å². The molecule has 7 nitrogen and oxygen atoms in total. The van der Waals surface area contributed by atoms with Gasteiger partial charge in [-0.05, 0) is 97.3 Å². The van der Waals surface area contributed by atoms with E-state index in [9.17, 15) is 4.79 Å². The van der Waals surface area contributed by atoms with E-state index in [0.717, 1.165) is 53.8 Å². The molecule has 6 rings (SSSR count). The molecule has 3 aliphatic rings. The third kappa shape index (κ3) is 4.11. The van der Waals surface area contributed by atoms with Crippen molar-refractivity contribution < 1.29 is 0 Å². The number of likely N-dealkylation sites (tertiary alicyclic amines) is 1. The number of tetrazole rings is 1. The number of pyridine rings is 1. The summed E-state index contributed by atoms with van der Waals surface area (Å²) in [5.74, 6) is 0.846. The van der Waals surface area contributed by atoms with Gasteiger partial charge in [0.25, 0.3) is 5.56 Å². The van der Waals surface area contributed by atoms with Crippen molar-refractivity contribution in [2.75, 3.05) is 13.1 Å². The summed E-state index contributed by atoms with van der Waals surface area (Å²) in [5, 5.41) is 14.3. The minimum Gasteiger partial charge on any atom is -0.321 e. The van der Waals surface area contributed by atoms with E-state index in [4.69, 9.17) is 0 Å². The Balaban J connectivity index is 1.48. The zero-order valence-electron chi connectivity index (χ0n) is 21.2. The number of aryl methyl sites for hydroxylation is 2. The number of H-pyrrole nitrogens is 1. The van der Waals surface area contributed by atoms with Crippen LogP contribution in [-0.2, 0) is 0 Å². The van der Waals surface area contributed by atoms with Gasteiger partial charge in [0.05, 0.1) is 11.6 Å². The molecule has 1 aliphatic heterocycles. The number of fused-ring (bicyclic) bond motifs is 1. The fourth-order valence-corrected chi connectivity index (χ4v) is 7.21. The second kappa shape index (κ2) is 9.16. The number of rotatable bonds is 4. The Kier molecular flexibility index (Phi) is 5.99. The molecule has 1 aromatic carbocycles. The van der Waals surface area contributed by atoms with Gasteiger partial charge < -0.3 is 4.98 Å². The number of aromatic nitrogens is 5. The molecule has 3 aromatic rings. The first-order chi connectivity index (χ1) is 17.0. The van der Waals surface area contributed by atoms with E-state index in [1.807, 2.05) is 0 Å². The zero-order chi connectivity index (χ0) is 24.0. The van der Waals surface area contributed by atoms with Crippen molar-refractivity contribution in [1.29, 1.82) is 0 Å². The van der Waals surface area contributed by atoms with E-state index in [1.165, 1.54) is 63.4 Å². The molecule has 1 N–H and O–H groups in total. The largest absolute Gasteiger partial charge is 0.321 e. The van der Waals surface area contributed by atoms with Gasteiger partial charge in [0.15, 0.2) is 5.82 Å². The van der Waals surface area contributed by atoms with Crippen molar-refractivity contribution in [2.24, 2.45) is 5.41 Å². The minimum absolute atomic E-state index is 0.0135. The molecule has 0 bridgehead atoms. The van der Waals surface area contributed by atoms with Crippen LogP contribution in [0.5, 0.6) is 0 Å². The number of aromatic amines is 1. The van der Waals surface area contributed by atoms with E-state index in [2.05, 4.69) is 62.1 Å². The van der Waals surface area contributed by atoms with E-state index < -0.39 is 0 Å². The first-order valence-corrected chi connectivity index (χ1v) is 13.7. The maximum Gasteiger partial charge on any atom is 0.253 e. The third-order valence-corrected chi connectivity index (χ3v) is 9.28. The van der Waals surface area contributed by atoms with Crippen LogP contribution in [0.15, 0.2) is 23.0 Å². The van der Waals surface area contributed by atoms with Crippen LogP contribution in [0.4, 0.5) is 0 Å². The summed E-state index contributed by atoms with van der Waals surface area (Å²) in [7, 11) is 0. The molecule has 1 saturated heterocycles. The van der Waals surface area contributed by atoms with Gasteiger partial charge in [0.1, 0.15) is 6.04 Å². The Hall–Kier alpha value is -2.54. The maximum absolute atomic E-state index is 13.7. The topological polar surface area (TPSA) is 79.7 Å². The summed E-state index contributed by atoms with van der Waals surface area (Å²) in [4.78, 5) is 19.5. The molecular weight excluding hydrogens is 436 g/mol. The van der Waals surface area contributed by atoms with Crippen molar-refractivity contribution in [3.8, 4) is 0 Å². The highest BCUT2D eigenvalue weighted by molar-refractivity contribution is 5.83. The molecule has 35 heavy (non-hydrogen) atoms. The van der Waals surface area contributed by atoms with E-state index >= 15 is 0 Å². The lowest BCUT2D eigenvalue weighted by Crippen LogP contribution is -2.47. The first kappa shape index (κ1) is 22.9. The maximum atomic E-state index is 13.7. The third-order valence-electron chi connectivity index (χ3n) is 9.28. The van der Waals surface area contributed by atoms with Gasteiger partial charge >= 0.3 is 0 Å². The van der Waals surface area contributed by atoms with Crippen molar-refractivity contribution in [2.45, 2.75) is 96.6 Å². The van der Waals surface area contributed by atoms with Crippen LogP contribution in [0.3, 0.4) is 0 Å². The van der Waals surface area contributed by atoms with Gasteiger partial charge in [-0.2, -0.15) is 0 Å². The number of hydrogen-bond acceptors (Lipinski definition) is 5. The van der Waals surface area contributed by atoms with E-state index in [1.54, 1.807) is 0 Å². The Morgan fingerprint density at radius 2 is 1.80 bits per heavy atom. The molecule has 1 spiro atoms. The first-order valence-electron chi connectivity index (χ1n) is 13.7. The highest BCUT2D eigenvalue weighted by Gasteiger charge is 2.41. The number of piperidine rings is 1. The highest BCUT2D eigenvalue weighted by atomic mass is 16.1. The molecule has 2 aromatic heterocycles. The lowest BCUT2D eigenvalue weighted by molar-refractivity contribution is 0.0335. The van der Waals surface area contributed by atoms with E-state index in [0.29, 0.717) is 11.5 Å². The predicted molar refractivity (Wildman–Crippen MR) is 138 cm³/mol. The average Bonchev–Trinajstić information content (AvgIpc) is 3.56. The molecule has 186 valence electrons. The van der Waals surface area contributed by atoms with Crippen LogP contribution in [0.1, 0.15) is 105 Å². The highest BCUT2D eigenvalue weighted by Crippen LogP contribution is 2.46. The van der Waals surface area contributed by atoms with Crippen molar-refractivity contribution in [1.82, 2.24) is 30.1 Å². The molecular formula is C28H38N6O. The second-order valence-electron chi connectivity index (χ2n) is 11.5. The number of nitrogens with zero attached hydrogens (tertiary/aromatic N) is 5. The smallest absolute Gasteiger partial charge is 0.253 e. The Labute approximate surface area is 207 Å². The summed E-state index contributed by atoms with van der Waals surface area (Å²) < 4.78 is 2.06.